The number of carbonyl (C=O) groups excluding carboxylic acids is 3. The van der Waals surface area contributed by atoms with Crippen molar-refractivity contribution in [3.63, 3.8) is 0 Å². The zero-order chi connectivity index (χ0) is 16.1. The van der Waals surface area contributed by atoms with Gasteiger partial charge >= 0.3 is 5.97 Å². The number of esters is 1. The maximum absolute atomic E-state index is 13.0. The van der Waals surface area contributed by atoms with Gasteiger partial charge in [0, 0.05) is 19.0 Å². The third-order valence-electron chi connectivity index (χ3n) is 3.64. The van der Waals surface area contributed by atoms with Gasteiger partial charge in [0.1, 0.15) is 5.82 Å². The smallest absolute Gasteiger partial charge is 0.338 e. The molecular formula is C15H17FN2O4. The number of amides is 2. The molecule has 0 bridgehead atoms. The van der Waals surface area contributed by atoms with Gasteiger partial charge in [-0.2, -0.15) is 0 Å². The van der Waals surface area contributed by atoms with Crippen molar-refractivity contribution in [1.82, 2.24) is 4.90 Å². The molecular weight excluding hydrogens is 291 g/mol. The Morgan fingerprint density at radius 2 is 1.95 bits per heavy atom. The van der Waals surface area contributed by atoms with Gasteiger partial charge in [-0.25, -0.2) is 9.18 Å². The van der Waals surface area contributed by atoms with E-state index < -0.39 is 18.4 Å². The van der Waals surface area contributed by atoms with Crippen molar-refractivity contribution in [1.29, 1.82) is 0 Å². The number of primary amides is 1. The number of nitrogens with zero attached hydrogens (tertiary/aromatic N) is 1. The number of likely N-dealkylation sites (tertiary alicyclic amines) is 1. The minimum atomic E-state index is -0.750. The fourth-order valence-electron chi connectivity index (χ4n) is 2.33. The average molecular weight is 308 g/mol. The fraction of sp³-hybridized carbons (Fsp3) is 0.400. The van der Waals surface area contributed by atoms with Gasteiger partial charge in [-0.05, 0) is 31.0 Å². The van der Waals surface area contributed by atoms with Crippen LogP contribution in [-0.4, -0.2) is 42.4 Å². The van der Waals surface area contributed by atoms with Crippen LogP contribution in [0.5, 0.6) is 0 Å². The summed E-state index contributed by atoms with van der Waals surface area (Å²) in [4.78, 5) is 36.2. The van der Waals surface area contributed by atoms with Crippen LogP contribution in [0.1, 0.15) is 23.2 Å². The van der Waals surface area contributed by atoms with Crippen LogP contribution >= 0.6 is 0 Å². The number of hydrogen-bond acceptors (Lipinski definition) is 4. The molecule has 1 aliphatic heterocycles. The summed E-state index contributed by atoms with van der Waals surface area (Å²) in [6, 6.07) is 5.06. The molecule has 1 aromatic carbocycles. The predicted molar refractivity (Wildman–Crippen MR) is 75.2 cm³/mol. The van der Waals surface area contributed by atoms with Crippen molar-refractivity contribution in [2.24, 2.45) is 11.7 Å². The molecule has 2 N–H and O–H groups in total. The van der Waals surface area contributed by atoms with E-state index in [4.69, 9.17) is 10.5 Å². The summed E-state index contributed by atoms with van der Waals surface area (Å²) in [7, 11) is 0. The van der Waals surface area contributed by atoms with Gasteiger partial charge in [0.25, 0.3) is 5.91 Å². The molecule has 0 radical (unpaired) electrons. The van der Waals surface area contributed by atoms with Gasteiger partial charge in [0.05, 0.1) is 5.56 Å². The second-order valence-corrected chi connectivity index (χ2v) is 5.14. The number of benzene rings is 1. The second kappa shape index (κ2) is 7.02. The molecule has 22 heavy (non-hydrogen) atoms. The Morgan fingerprint density at radius 3 is 2.55 bits per heavy atom. The number of carbonyl (C=O) groups is 3. The predicted octanol–water partition coefficient (Wildman–Crippen LogP) is 0.706. The highest BCUT2D eigenvalue weighted by Crippen LogP contribution is 2.16. The molecule has 0 atom stereocenters. The van der Waals surface area contributed by atoms with Crippen LogP contribution in [0, 0.1) is 11.7 Å². The number of ether oxygens (including phenoxy) is 1. The molecule has 1 saturated heterocycles. The highest BCUT2D eigenvalue weighted by atomic mass is 19.1. The first-order chi connectivity index (χ1) is 10.5. The van der Waals surface area contributed by atoms with Crippen LogP contribution in [0.2, 0.25) is 0 Å². The first-order valence-corrected chi connectivity index (χ1v) is 6.97. The zero-order valence-electron chi connectivity index (χ0n) is 12.0. The van der Waals surface area contributed by atoms with Gasteiger partial charge < -0.3 is 15.4 Å². The van der Waals surface area contributed by atoms with E-state index in [0.717, 1.165) is 6.07 Å². The van der Waals surface area contributed by atoms with Crippen LogP contribution in [0.15, 0.2) is 24.3 Å². The van der Waals surface area contributed by atoms with Crippen LogP contribution in [-0.2, 0) is 14.3 Å². The molecule has 1 aliphatic rings. The van der Waals surface area contributed by atoms with Crippen LogP contribution < -0.4 is 5.73 Å². The van der Waals surface area contributed by atoms with E-state index in [1.807, 2.05) is 0 Å². The number of hydrogen-bond donors (Lipinski definition) is 1. The van der Waals surface area contributed by atoms with E-state index in [2.05, 4.69) is 0 Å². The molecule has 0 saturated carbocycles. The summed E-state index contributed by atoms with van der Waals surface area (Å²) in [6.07, 6.45) is 1.03. The number of halogens is 1. The maximum atomic E-state index is 13.0. The molecule has 2 amide bonds. The van der Waals surface area contributed by atoms with E-state index in [0.29, 0.717) is 25.9 Å². The van der Waals surface area contributed by atoms with Gasteiger partial charge in [0.15, 0.2) is 6.61 Å². The lowest BCUT2D eigenvalue weighted by atomic mass is 9.96. The average Bonchev–Trinajstić information content (AvgIpc) is 2.52. The second-order valence-electron chi connectivity index (χ2n) is 5.14. The number of nitrogens with two attached hydrogens (primary N) is 1. The van der Waals surface area contributed by atoms with E-state index >= 15 is 0 Å². The molecule has 0 spiro atoms. The van der Waals surface area contributed by atoms with Crippen LogP contribution in [0.4, 0.5) is 4.39 Å². The summed E-state index contributed by atoms with van der Waals surface area (Å²) < 4.78 is 17.9. The monoisotopic (exact) mass is 308 g/mol. The largest absolute Gasteiger partial charge is 0.452 e. The summed E-state index contributed by atoms with van der Waals surface area (Å²) in [6.45, 7) is 0.407. The van der Waals surface area contributed by atoms with Crippen molar-refractivity contribution in [2.45, 2.75) is 12.8 Å². The number of piperidine rings is 1. The summed E-state index contributed by atoms with van der Waals surface area (Å²) >= 11 is 0. The standard InChI is InChI=1S/C15H17FN2O4/c16-12-3-1-2-11(8-12)15(21)22-9-13(19)18-6-4-10(5-7-18)14(17)20/h1-3,8,10H,4-7,9H2,(H2,17,20). The Morgan fingerprint density at radius 1 is 1.27 bits per heavy atom. The highest BCUT2D eigenvalue weighted by Gasteiger charge is 2.26. The summed E-state index contributed by atoms with van der Waals surface area (Å²) in [5.74, 6) is -2.20. The van der Waals surface area contributed by atoms with Crippen molar-refractivity contribution < 1.29 is 23.5 Å². The first kappa shape index (κ1) is 15.9. The Bertz CT molecular complexity index is 583. The highest BCUT2D eigenvalue weighted by molar-refractivity contribution is 5.91. The third-order valence-corrected chi connectivity index (χ3v) is 3.64. The quantitative estimate of drug-likeness (QED) is 0.829. The van der Waals surface area contributed by atoms with Crippen LogP contribution in [0.3, 0.4) is 0 Å². The third kappa shape index (κ3) is 4.03. The van der Waals surface area contributed by atoms with E-state index in [-0.39, 0.29) is 23.3 Å². The summed E-state index contributed by atoms with van der Waals surface area (Å²) in [5, 5.41) is 0. The lowest BCUT2D eigenvalue weighted by Gasteiger charge is -2.30. The molecule has 2 rings (SSSR count). The van der Waals surface area contributed by atoms with Crippen molar-refractivity contribution >= 4 is 17.8 Å². The molecule has 118 valence electrons. The molecule has 7 heteroatoms. The van der Waals surface area contributed by atoms with Crippen molar-refractivity contribution in [3.8, 4) is 0 Å². The van der Waals surface area contributed by atoms with Gasteiger partial charge in [-0.1, -0.05) is 6.07 Å². The van der Waals surface area contributed by atoms with E-state index in [1.165, 1.54) is 23.1 Å². The van der Waals surface area contributed by atoms with E-state index in [9.17, 15) is 18.8 Å². The molecule has 0 aliphatic carbocycles. The first-order valence-electron chi connectivity index (χ1n) is 6.97. The van der Waals surface area contributed by atoms with E-state index in [1.54, 1.807) is 0 Å². The lowest BCUT2D eigenvalue weighted by Crippen LogP contribution is -2.43. The Balaban J connectivity index is 1.81. The maximum Gasteiger partial charge on any atom is 0.338 e. The fourth-order valence-corrected chi connectivity index (χ4v) is 2.33. The van der Waals surface area contributed by atoms with Gasteiger partial charge in [0.2, 0.25) is 5.91 Å². The molecule has 1 fully saturated rings. The van der Waals surface area contributed by atoms with Crippen molar-refractivity contribution in [3.05, 3.63) is 35.6 Å². The van der Waals surface area contributed by atoms with Crippen molar-refractivity contribution in [2.75, 3.05) is 19.7 Å². The lowest BCUT2D eigenvalue weighted by molar-refractivity contribution is -0.137. The molecule has 0 unspecified atom stereocenters. The van der Waals surface area contributed by atoms with Gasteiger partial charge in [-0.15, -0.1) is 0 Å². The molecule has 0 aromatic heterocycles. The SMILES string of the molecule is NC(=O)C1CCN(C(=O)COC(=O)c2cccc(F)c2)CC1. The molecule has 1 aromatic rings. The Labute approximate surface area is 127 Å². The minimum Gasteiger partial charge on any atom is -0.452 e. The Kier molecular flexibility index (Phi) is 5.08. The number of rotatable bonds is 4. The minimum absolute atomic E-state index is 0.0558. The zero-order valence-corrected chi connectivity index (χ0v) is 12.0. The Hall–Kier alpha value is -2.44. The summed E-state index contributed by atoms with van der Waals surface area (Å²) in [5.41, 5.74) is 5.28. The molecule has 6 nitrogen and oxygen atoms in total. The van der Waals surface area contributed by atoms with Gasteiger partial charge in [-0.3, -0.25) is 9.59 Å². The normalized spacial score (nSPS) is 15.4. The topological polar surface area (TPSA) is 89.7 Å². The van der Waals surface area contributed by atoms with Crippen LogP contribution in [0.25, 0.3) is 0 Å². The molecule has 1 heterocycles.